The molecule has 0 heterocycles. The fourth-order valence-corrected chi connectivity index (χ4v) is 2.90. The molecule has 20 heavy (non-hydrogen) atoms. The van der Waals surface area contributed by atoms with Crippen molar-refractivity contribution in [2.24, 2.45) is 0 Å². The summed E-state index contributed by atoms with van der Waals surface area (Å²) in [5.74, 6) is -1.96. The molecule has 0 saturated carbocycles. The second-order valence-corrected chi connectivity index (χ2v) is 5.87. The number of halogens is 3. The monoisotopic (exact) mass is 358 g/mol. The predicted octanol–water partition coefficient (Wildman–Crippen LogP) is 4.72. The van der Waals surface area contributed by atoms with Crippen LogP contribution < -0.4 is 0 Å². The molecule has 2 aromatic carbocycles. The van der Waals surface area contributed by atoms with Crippen LogP contribution in [0.2, 0.25) is 0 Å². The lowest BCUT2D eigenvalue weighted by Crippen LogP contribution is -1.97. The summed E-state index contributed by atoms with van der Waals surface area (Å²) in [7, 11) is 0. The Kier molecular flexibility index (Phi) is 4.77. The van der Waals surface area contributed by atoms with Gasteiger partial charge in [0.25, 0.3) is 0 Å². The quantitative estimate of drug-likeness (QED) is 0.803. The van der Waals surface area contributed by atoms with Gasteiger partial charge in [0.2, 0.25) is 0 Å². The molecule has 0 atom stereocenters. The molecular weight excluding hydrogens is 350 g/mol. The summed E-state index contributed by atoms with van der Waals surface area (Å²) in [5.41, 5.74) is 0.519. The highest BCUT2D eigenvalue weighted by atomic mass is 79.9. The number of carboxylic acid groups (broad SMARTS) is 1. The van der Waals surface area contributed by atoms with Crippen molar-refractivity contribution in [2.75, 3.05) is 0 Å². The number of carboxylic acids is 1. The molecule has 1 N–H and O–H groups in total. The molecule has 104 valence electrons. The topological polar surface area (TPSA) is 37.3 Å². The second-order valence-electron chi connectivity index (χ2n) is 3.97. The predicted molar refractivity (Wildman–Crippen MR) is 77.0 cm³/mol. The minimum absolute atomic E-state index is 0.148. The largest absolute Gasteiger partial charge is 0.478 e. The lowest BCUT2D eigenvalue weighted by Gasteiger charge is -2.06. The van der Waals surface area contributed by atoms with Crippen LogP contribution in [0, 0.1) is 11.6 Å². The van der Waals surface area contributed by atoms with E-state index in [1.54, 1.807) is 12.1 Å². The number of benzene rings is 2. The van der Waals surface area contributed by atoms with Gasteiger partial charge in [-0.15, -0.1) is 11.8 Å². The zero-order chi connectivity index (χ0) is 14.7. The van der Waals surface area contributed by atoms with Gasteiger partial charge in [-0.25, -0.2) is 13.6 Å². The van der Waals surface area contributed by atoms with Gasteiger partial charge in [-0.05, 0) is 45.8 Å². The molecule has 0 aliphatic heterocycles. The Labute approximate surface area is 126 Å². The molecule has 2 nitrogen and oxygen atoms in total. The first kappa shape index (κ1) is 15.0. The van der Waals surface area contributed by atoms with Crippen molar-refractivity contribution in [1.29, 1.82) is 0 Å². The first-order valence-electron chi connectivity index (χ1n) is 5.57. The van der Waals surface area contributed by atoms with E-state index in [0.29, 0.717) is 20.7 Å². The summed E-state index contributed by atoms with van der Waals surface area (Å²) in [4.78, 5) is 11.7. The Hall–Kier alpha value is -1.40. The van der Waals surface area contributed by atoms with E-state index in [1.807, 2.05) is 0 Å². The fraction of sp³-hybridized carbons (Fsp3) is 0.0714. The molecular formula is C14H9BrF2O2S. The standard InChI is InChI=1S/C14H9BrF2O2S/c15-12-4-3-10(6-11(12)14(18)19)20-7-8-1-2-9(16)5-13(8)17/h1-6H,7H2,(H,18,19). The maximum Gasteiger partial charge on any atom is 0.336 e. The Balaban J connectivity index is 2.15. The first-order chi connectivity index (χ1) is 9.47. The molecule has 0 saturated heterocycles. The van der Waals surface area contributed by atoms with Crippen molar-refractivity contribution in [3.8, 4) is 0 Å². The average molecular weight is 359 g/mol. The van der Waals surface area contributed by atoms with Crippen LogP contribution in [0.3, 0.4) is 0 Å². The van der Waals surface area contributed by atoms with Crippen LogP contribution in [0.5, 0.6) is 0 Å². The van der Waals surface area contributed by atoms with Crippen molar-refractivity contribution >= 4 is 33.7 Å². The van der Waals surface area contributed by atoms with Crippen molar-refractivity contribution in [3.05, 3.63) is 63.6 Å². The van der Waals surface area contributed by atoms with E-state index in [2.05, 4.69) is 15.9 Å². The van der Waals surface area contributed by atoms with Gasteiger partial charge in [0, 0.05) is 21.2 Å². The van der Waals surface area contributed by atoms with Crippen molar-refractivity contribution in [3.63, 3.8) is 0 Å². The molecule has 0 spiro atoms. The van der Waals surface area contributed by atoms with E-state index in [4.69, 9.17) is 5.11 Å². The summed E-state index contributed by atoms with van der Waals surface area (Å²) in [6, 6.07) is 8.30. The summed E-state index contributed by atoms with van der Waals surface area (Å²) >= 11 is 4.44. The second kappa shape index (κ2) is 6.37. The van der Waals surface area contributed by atoms with Crippen LogP contribution in [-0.4, -0.2) is 11.1 Å². The first-order valence-corrected chi connectivity index (χ1v) is 7.35. The highest BCUT2D eigenvalue weighted by Crippen LogP contribution is 2.28. The Morgan fingerprint density at radius 2 is 1.95 bits per heavy atom. The van der Waals surface area contributed by atoms with E-state index in [9.17, 15) is 13.6 Å². The minimum Gasteiger partial charge on any atom is -0.478 e. The number of carbonyl (C=O) groups is 1. The van der Waals surface area contributed by atoms with Gasteiger partial charge in [0.15, 0.2) is 0 Å². The molecule has 2 rings (SSSR count). The Morgan fingerprint density at radius 1 is 1.20 bits per heavy atom. The average Bonchev–Trinajstić information content (AvgIpc) is 2.39. The molecule has 0 fully saturated rings. The van der Waals surface area contributed by atoms with Crippen LogP contribution in [0.25, 0.3) is 0 Å². The van der Waals surface area contributed by atoms with Crippen molar-refractivity contribution in [1.82, 2.24) is 0 Å². The van der Waals surface area contributed by atoms with Crippen LogP contribution in [-0.2, 0) is 5.75 Å². The highest BCUT2D eigenvalue weighted by molar-refractivity contribution is 9.10. The highest BCUT2D eigenvalue weighted by Gasteiger charge is 2.10. The minimum atomic E-state index is -1.03. The van der Waals surface area contributed by atoms with Gasteiger partial charge >= 0.3 is 5.97 Å². The van der Waals surface area contributed by atoms with E-state index in [0.717, 1.165) is 6.07 Å². The van der Waals surface area contributed by atoms with Crippen molar-refractivity contribution in [2.45, 2.75) is 10.6 Å². The number of hydrogen-bond acceptors (Lipinski definition) is 2. The maximum absolute atomic E-state index is 13.5. The molecule has 0 aliphatic carbocycles. The lowest BCUT2D eigenvalue weighted by atomic mass is 10.2. The Bertz CT molecular complexity index is 662. The molecule has 0 unspecified atom stereocenters. The van der Waals surface area contributed by atoms with Gasteiger partial charge in [-0.3, -0.25) is 0 Å². The molecule has 0 aromatic heterocycles. The maximum atomic E-state index is 13.5. The summed E-state index contributed by atoms with van der Waals surface area (Å²) in [5, 5.41) is 9.01. The van der Waals surface area contributed by atoms with E-state index >= 15 is 0 Å². The van der Waals surface area contributed by atoms with Gasteiger partial charge in [0.1, 0.15) is 11.6 Å². The molecule has 0 amide bonds. The Morgan fingerprint density at radius 3 is 2.60 bits per heavy atom. The zero-order valence-electron chi connectivity index (χ0n) is 10.1. The van der Waals surface area contributed by atoms with Gasteiger partial charge in [-0.2, -0.15) is 0 Å². The molecule has 0 aliphatic rings. The van der Waals surface area contributed by atoms with Crippen LogP contribution in [0.15, 0.2) is 45.8 Å². The SMILES string of the molecule is O=C(O)c1cc(SCc2ccc(F)cc2F)ccc1Br. The van der Waals surface area contributed by atoms with Gasteiger partial charge < -0.3 is 5.11 Å². The van der Waals surface area contributed by atoms with Gasteiger partial charge in [0.05, 0.1) is 5.56 Å². The smallest absolute Gasteiger partial charge is 0.336 e. The third kappa shape index (κ3) is 3.58. The van der Waals surface area contributed by atoms with Crippen LogP contribution in [0.4, 0.5) is 8.78 Å². The van der Waals surface area contributed by atoms with E-state index in [1.165, 1.54) is 30.0 Å². The summed E-state index contributed by atoms with van der Waals surface area (Å²) < 4.78 is 26.7. The summed E-state index contributed by atoms with van der Waals surface area (Å²) in [6.45, 7) is 0. The van der Waals surface area contributed by atoms with Crippen LogP contribution in [0.1, 0.15) is 15.9 Å². The third-order valence-electron chi connectivity index (χ3n) is 2.58. The third-order valence-corrected chi connectivity index (χ3v) is 4.31. The van der Waals surface area contributed by atoms with Crippen molar-refractivity contribution < 1.29 is 18.7 Å². The van der Waals surface area contributed by atoms with Gasteiger partial charge in [-0.1, -0.05) is 6.07 Å². The zero-order valence-corrected chi connectivity index (χ0v) is 12.5. The number of aromatic carboxylic acids is 1. The van der Waals surface area contributed by atoms with Crippen LogP contribution >= 0.6 is 27.7 Å². The normalized spacial score (nSPS) is 10.6. The number of thioether (sulfide) groups is 1. The van der Waals surface area contributed by atoms with E-state index < -0.39 is 17.6 Å². The number of rotatable bonds is 4. The molecule has 6 heteroatoms. The summed E-state index contributed by atoms with van der Waals surface area (Å²) in [6.07, 6.45) is 0. The molecule has 0 bridgehead atoms. The number of hydrogen-bond donors (Lipinski definition) is 1. The lowest BCUT2D eigenvalue weighted by molar-refractivity contribution is 0.0695. The molecule has 2 aromatic rings. The molecule has 0 radical (unpaired) electrons. The fourth-order valence-electron chi connectivity index (χ4n) is 1.56. The van der Waals surface area contributed by atoms with E-state index in [-0.39, 0.29) is 5.56 Å².